The zero-order valence-electron chi connectivity index (χ0n) is 16.6. The summed E-state index contributed by atoms with van der Waals surface area (Å²) in [6.07, 6.45) is 1.08. The number of halogens is 1. The number of hydrogen-bond acceptors (Lipinski definition) is 3. The Morgan fingerprint density at radius 3 is 2.50 bits per heavy atom. The first-order valence-electron chi connectivity index (χ1n) is 9.16. The number of hydrogen-bond donors (Lipinski definition) is 0. The molecule has 0 aliphatic carbocycles. The van der Waals surface area contributed by atoms with Crippen LogP contribution in [0.15, 0.2) is 55.1 Å². The molecule has 0 spiro atoms. The summed E-state index contributed by atoms with van der Waals surface area (Å²) in [5.74, 6) is -0.934. The van der Waals surface area contributed by atoms with Crippen LogP contribution in [0.1, 0.15) is 43.9 Å². The molecule has 0 saturated carbocycles. The van der Waals surface area contributed by atoms with Crippen LogP contribution in [0.5, 0.6) is 0 Å². The second kappa shape index (κ2) is 6.89. The van der Waals surface area contributed by atoms with Crippen LogP contribution in [0, 0.1) is 12.7 Å². The Bertz CT molecular complexity index is 961. The Morgan fingerprint density at radius 2 is 1.89 bits per heavy atom. The van der Waals surface area contributed by atoms with Gasteiger partial charge in [0.2, 0.25) is 0 Å². The second-order valence-corrected chi connectivity index (χ2v) is 8.00. The van der Waals surface area contributed by atoms with Gasteiger partial charge >= 0.3 is 6.09 Å². The average Bonchev–Trinajstić information content (AvgIpc) is 2.83. The lowest BCUT2D eigenvalue weighted by molar-refractivity contribution is -0.121. The van der Waals surface area contributed by atoms with Crippen LogP contribution >= 0.6 is 0 Å². The lowest BCUT2D eigenvalue weighted by atomic mass is 9.71. The highest BCUT2D eigenvalue weighted by Gasteiger charge is 2.54. The van der Waals surface area contributed by atoms with Gasteiger partial charge in [-0.25, -0.2) is 14.1 Å². The number of amides is 2. The van der Waals surface area contributed by atoms with E-state index in [9.17, 15) is 14.0 Å². The molecule has 28 heavy (non-hydrogen) atoms. The van der Waals surface area contributed by atoms with E-state index in [1.54, 1.807) is 26.8 Å². The van der Waals surface area contributed by atoms with E-state index in [0.717, 1.165) is 16.0 Å². The van der Waals surface area contributed by atoms with Crippen molar-refractivity contribution in [3.63, 3.8) is 0 Å². The molecule has 1 atom stereocenters. The molecule has 3 rings (SSSR count). The van der Waals surface area contributed by atoms with E-state index in [1.807, 2.05) is 31.2 Å². The Kier molecular flexibility index (Phi) is 4.88. The number of benzene rings is 2. The minimum absolute atomic E-state index is 0.229. The molecule has 146 valence electrons. The lowest BCUT2D eigenvalue weighted by Gasteiger charge is -2.30. The summed E-state index contributed by atoms with van der Waals surface area (Å²) < 4.78 is 19.7. The highest BCUT2D eigenvalue weighted by molar-refractivity contribution is 6.22. The Labute approximate surface area is 164 Å². The summed E-state index contributed by atoms with van der Waals surface area (Å²) >= 11 is 0. The average molecular weight is 381 g/mol. The fourth-order valence-electron chi connectivity index (χ4n) is 3.79. The van der Waals surface area contributed by atoms with Crippen molar-refractivity contribution in [3.05, 3.63) is 77.6 Å². The second-order valence-electron chi connectivity index (χ2n) is 8.00. The standard InChI is InChI=1S/C23H24FNO3/c1-6-13-23(17-10-8-7-9-15(17)2)18-14-16(24)11-12-19(18)25(20(23)26)21(27)28-22(3,4)5/h6-12,14H,1,13H2,2-5H3. The topological polar surface area (TPSA) is 46.6 Å². The van der Waals surface area contributed by atoms with Crippen molar-refractivity contribution in [1.29, 1.82) is 0 Å². The molecule has 2 amide bonds. The van der Waals surface area contributed by atoms with E-state index >= 15 is 0 Å². The van der Waals surface area contributed by atoms with Crippen molar-refractivity contribution in [1.82, 2.24) is 0 Å². The number of rotatable bonds is 3. The van der Waals surface area contributed by atoms with Crippen LogP contribution in [0.3, 0.4) is 0 Å². The molecule has 0 aromatic heterocycles. The smallest absolute Gasteiger partial charge is 0.421 e. The minimum Gasteiger partial charge on any atom is -0.443 e. The third-order valence-electron chi connectivity index (χ3n) is 4.86. The summed E-state index contributed by atoms with van der Waals surface area (Å²) in [6, 6.07) is 11.5. The number of allylic oxidation sites excluding steroid dienone is 1. The van der Waals surface area contributed by atoms with Gasteiger partial charge in [-0.3, -0.25) is 4.79 Å². The van der Waals surface area contributed by atoms with Crippen molar-refractivity contribution >= 4 is 17.7 Å². The molecular formula is C23H24FNO3. The molecule has 0 fully saturated rings. The molecule has 1 aliphatic rings. The minimum atomic E-state index is -1.23. The van der Waals surface area contributed by atoms with Gasteiger partial charge in [0.15, 0.2) is 0 Å². The maximum absolute atomic E-state index is 14.2. The van der Waals surface area contributed by atoms with E-state index in [1.165, 1.54) is 18.2 Å². The molecule has 5 heteroatoms. The number of nitrogens with zero attached hydrogens (tertiary/aromatic N) is 1. The van der Waals surface area contributed by atoms with Gasteiger partial charge in [-0.1, -0.05) is 30.3 Å². The summed E-state index contributed by atoms with van der Waals surface area (Å²) in [6.45, 7) is 10.9. The number of carbonyl (C=O) groups excluding carboxylic acids is 2. The predicted molar refractivity (Wildman–Crippen MR) is 107 cm³/mol. The first-order valence-corrected chi connectivity index (χ1v) is 9.16. The van der Waals surface area contributed by atoms with Crippen molar-refractivity contribution in [3.8, 4) is 0 Å². The summed E-state index contributed by atoms with van der Waals surface area (Å²) in [7, 11) is 0. The molecule has 2 aromatic carbocycles. The van der Waals surface area contributed by atoms with Crippen molar-refractivity contribution < 1.29 is 18.7 Å². The van der Waals surface area contributed by atoms with Gasteiger partial charge < -0.3 is 4.74 Å². The fraction of sp³-hybridized carbons (Fsp3) is 0.304. The largest absolute Gasteiger partial charge is 0.443 e. The van der Waals surface area contributed by atoms with Crippen LogP contribution in [0.25, 0.3) is 0 Å². The van der Waals surface area contributed by atoms with Crippen molar-refractivity contribution in [2.24, 2.45) is 0 Å². The SMILES string of the molecule is C=CCC1(c2ccccc2C)C(=O)N(C(=O)OC(C)(C)C)c2ccc(F)cc21. The van der Waals surface area contributed by atoms with Gasteiger partial charge in [-0.2, -0.15) is 0 Å². The maximum Gasteiger partial charge on any atom is 0.421 e. The van der Waals surface area contributed by atoms with Crippen LogP contribution in [-0.2, 0) is 14.9 Å². The van der Waals surface area contributed by atoms with E-state index in [0.29, 0.717) is 11.3 Å². The Hall–Kier alpha value is -2.95. The normalized spacial score (nSPS) is 18.8. The molecule has 0 saturated heterocycles. The molecule has 0 N–H and O–H groups in total. The molecular weight excluding hydrogens is 357 g/mol. The molecule has 0 bridgehead atoms. The Morgan fingerprint density at radius 1 is 1.21 bits per heavy atom. The van der Waals surface area contributed by atoms with Crippen LogP contribution in [-0.4, -0.2) is 17.6 Å². The summed E-state index contributed by atoms with van der Waals surface area (Å²) in [4.78, 5) is 27.6. The molecule has 1 unspecified atom stereocenters. The number of carbonyl (C=O) groups is 2. The highest BCUT2D eigenvalue weighted by Crippen LogP contribution is 2.50. The number of fused-ring (bicyclic) bond motifs is 1. The highest BCUT2D eigenvalue weighted by atomic mass is 19.1. The fourth-order valence-corrected chi connectivity index (χ4v) is 3.79. The van der Waals surface area contributed by atoms with Crippen LogP contribution in [0.2, 0.25) is 0 Å². The monoisotopic (exact) mass is 381 g/mol. The summed E-state index contributed by atoms with van der Waals surface area (Å²) in [5.41, 5.74) is 0.366. The van der Waals surface area contributed by atoms with Crippen LogP contribution in [0.4, 0.5) is 14.9 Å². The third kappa shape index (κ3) is 3.11. The van der Waals surface area contributed by atoms with Gasteiger partial charge in [0.05, 0.1) is 5.69 Å². The van der Waals surface area contributed by atoms with E-state index in [4.69, 9.17) is 4.74 Å². The Balaban J connectivity index is 2.29. The third-order valence-corrected chi connectivity index (χ3v) is 4.86. The molecule has 4 nitrogen and oxygen atoms in total. The van der Waals surface area contributed by atoms with Gasteiger partial charge in [0, 0.05) is 0 Å². The first kappa shape index (κ1) is 19.8. The van der Waals surface area contributed by atoms with Gasteiger partial charge in [-0.05, 0) is 69.0 Å². The van der Waals surface area contributed by atoms with Crippen LogP contribution < -0.4 is 4.90 Å². The molecule has 1 aliphatic heterocycles. The first-order chi connectivity index (χ1) is 13.1. The predicted octanol–water partition coefficient (Wildman–Crippen LogP) is 5.28. The maximum atomic E-state index is 14.2. The summed E-state index contributed by atoms with van der Waals surface area (Å²) in [5, 5.41) is 0. The van der Waals surface area contributed by atoms with E-state index < -0.39 is 28.8 Å². The zero-order valence-corrected chi connectivity index (χ0v) is 16.6. The lowest BCUT2D eigenvalue weighted by Crippen LogP contribution is -2.46. The van der Waals surface area contributed by atoms with Crippen molar-refractivity contribution in [2.75, 3.05) is 4.90 Å². The van der Waals surface area contributed by atoms with Gasteiger partial charge in [0.25, 0.3) is 5.91 Å². The molecule has 1 heterocycles. The number of ether oxygens (including phenoxy) is 1. The van der Waals surface area contributed by atoms with E-state index in [-0.39, 0.29) is 6.42 Å². The molecule has 2 aromatic rings. The van der Waals surface area contributed by atoms with Crippen molar-refractivity contribution in [2.45, 2.75) is 45.1 Å². The zero-order chi connectivity index (χ0) is 20.7. The number of anilines is 1. The van der Waals surface area contributed by atoms with E-state index in [2.05, 4.69) is 6.58 Å². The number of imide groups is 1. The van der Waals surface area contributed by atoms with Gasteiger partial charge in [-0.15, -0.1) is 6.58 Å². The quantitative estimate of drug-likeness (QED) is 0.680. The number of aryl methyl sites for hydroxylation is 1. The van der Waals surface area contributed by atoms with Gasteiger partial charge in [0.1, 0.15) is 16.8 Å². The molecule has 0 radical (unpaired) electrons.